The molecular weight excluding hydrogens is 168 g/mol. The molecule has 0 saturated heterocycles. The highest BCUT2D eigenvalue weighted by molar-refractivity contribution is 5.98. The lowest BCUT2D eigenvalue weighted by atomic mass is 10.1. The fourth-order valence-corrected chi connectivity index (χ4v) is 1.05. The molecule has 0 fully saturated rings. The van der Waals surface area contributed by atoms with Gasteiger partial charge in [0.05, 0.1) is 6.61 Å². The minimum Gasteiger partial charge on any atom is -0.344 e. The number of ether oxygens (including phenoxy) is 2. The summed E-state index contributed by atoms with van der Waals surface area (Å²) in [6.07, 6.45) is 7.94. The van der Waals surface area contributed by atoms with Crippen LogP contribution in [0.15, 0.2) is 37.0 Å². The van der Waals surface area contributed by atoms with Crippen molar-refractivity contribution in [2.45, 2.75) is 5.79 Å². The van der Waals surface area contributed by atoms with Crippen LogP contribution in [0.4, 0.5) is 0 Å². The first-order valence-electron chi connectivity index (χ1n) is 3.95. The van der Waals surface area contributed by atoms with Crippen molar-refractivity contribution in [2.75, 3.05) is 13.7 Å². The molecule has 0 aliphatic heterocycles. The molecular formula is C10H12O3. The minimum absolute atomic E-state index is 0.209. The van der Waals surface area contributed by atoms with Gasteiger partial charge in [-0.25, -0.2) is 0 Å². The van der Waals surface area contributed by atoms with Crippen LogP contribution in [-0.4, -0.2) is 25.3 Å². The quantitative estimate of drug-likeness (QED) is 0.482. The molecule has 1 unspecified atom stereocenters. The van der Waals surface area contributed by atoms with Crippen LogP contribution >= 0.6 is 0 Å². The van der Waals surface area contributed by atoms with Crippen LogP contribution in [0.5, 0.6) is 0 Å². The van der Waals surface area contributed by atoms with Crippen molar-refractivity contribution in [3.05, 3.63) is 37.0 Å². The molecule has 3 heteroatoms. The largest absolute Gasteiger partial charge is 0.344 e. The maximum atomic E-state index is 11.4. The number of methoxy groups -OCH3 is 1. The molecule has 0 saturated carbocycles. The second kappa shape index (κ2) is 4.16. The smallest absolute Gasteiger partial charge is 0.253 e. The first-order chi connectivity index (χ1) is 6.25. The first-order valence-corrected chi connectivity index (χ1v) is 3.95. The highest BCUT2D eigenvalue weighted by atomic mass is 16.7. The predicted octanol–water partition coefficient (Wildman–Crippen LogP) is 1.23. The summed E-state index contributed by atoms with van der Waals surface area (Å²) in [6, 6.07) is 0. The molecule has 0 spiro atoms. The third-order valence-corrected chi connectivity index (χ3v) is 1.74. The molecule has 0 radical (unpaired) electrons. The van der Waals surface area contributed by atoms with Crippen molar-refractivity contribution in [3.8, 4) is 0 Å². The van der Waals surface area contributed by atoms with E-state index in [4.69, 9.17) is 9.47 Å². The Balaban J connectivity index is 2.79. The maximum absolute atomic E-state index is 11.4. The summed E-state index contributed by atoms with van der Waals surface area (Å²) in [6.45, 7) is 3.78. The van der Waals surface area contributed by atoms with Gasteiger partial charge in [-0.05, 0) is 12.2 Å². The average Bonchev–Trinajstić information content (AvgIpc) is 2.17. The lowest BCUT2D eigenvalue weighted by Gasteiger charge is -2.27. The van der Waals surface area contributed by atoms with E-state index in [9.17, 15) is 4.79 Å². The van der Waals surface area contributed by atoms with E-state index in [0.717, 1.165) is 0 Å². The predicted molar refractivity (Wildman–Crippen MR) is 49.2 cm³/mol. The number of hydrogen-bond donors (Lipinski definition) is 0. The van der Waals surface area contributed by atoms with Gasteiger partial charge in [-0.2, -0.15) is 0 Å². The second-order valence-corrected chi connectivity index (χ2v) is 2.55. The molecule has 1 atom stereocenters. The van der Waals surface area contributed by atoms with Crippen LogP contribution in [0.2, 0.25) is 0 Å². The number of allylic oxidation sites excluding steroid dienone is 2. The van der Waals surface area contributed by atoms with Crippen molar-refractivity contribution >= 4 is 5.78 Å². The fraction of sp³-hybridized carbons (Fsp3) is 0.300. The normalized spacial score (nSPS) is 26.4. The number of hydrogen-bond acceptors (Lipinski definition) is 3. The summed E-state index contributed by atoms with van der Waals surface area (Å²) in [5.74, 6) is -1.46. The summed E-state index contributed by atoms with van der Waals surface area (Å²) in [4.78, 5) is 11.4. The Bertz CT molecular complexity index is 265. The number of ketones is 1. The van der Waals surface area contributed by atoms with Crippen molar-refractivity contribution in [2.24, 2.45) is 0 Å². The van der Waals surface area contributed by atoms with Crippen LogP contribution in [0.1, 0.15) is 0 Å². The van der Waals surface area contributed by atoms with E-state index < -0.39 is 5.79 Å². The number of rotatable bonds is 4. The Morgan fingerprint density at radius 1 is 1.62 bits per heavy atom. The van der Waals surface area contributed by atoms with Crippen LogP contribution in [0, 0.1) is 0 Å². The van der Waals surface area contributed by atoms with Gasteiger partial charge in [0.1, 0.15) is 0 Å². The Hall–Kier alpha value is -1.19. The summed E-state index contributed by atoms with van der Waals surface area (Å²) < 4.78 is 10.3. The van der Waals surface area contributed by atoms with E-state index in [2.05, 4.69) is 6.58 Å². The highest BCUT2D eigenvalue weighted by Crippen LogP contribution is 2.19. The third-order valence-electron chi connectivity index (χ3n) is 1.74. The zero-order valence-electron chi connectivity index (χ0n) is 7.53. The molecule has 0 aromatic rings. The van der Waals surface area contributed by atoms with E-state index in [1.54, 1.807) is 24.3 Å². The standard InChI is InChI=1S/C10H12O3/c1-3-8-13-10(12-2)7-5-4-6-9(10)11/h3-7H,1,8H2,2H3. The van der Waals surface area contributed by atoms with Gasteiger partial charge in [0.25, 0.3) is 5.79 Å². The molecule has 1 aliphatic carbocycles. The molecule has 1 aliphatic rings. The summed E-state index contributed by atoms with van der Waals surface area (Å²) in [5, 5.41) is 0. The van der Waals surface area contributed by atoms with Gasteiger partial charge < -0.3 is 9.47 Å². The topological polar surface area (TPSA) is 35.5 Å². The van der Waals surface area contributed by atoms with Gasteiger partial charge in [0.2, 0.25) is 5.78 Å². The van der Waals surface area contributed by atoms with Gasteiger partial charge >= 0.3 is 0 Å². The second-order valence-electron chi connectivity index (χ2n) is 2.55. The summed E-state index contributed by atoms with van der Waals surface area (Å²) >= 11 is 0. The molecule has 3 nitrogen and oxygen atoms in total. The third kappa shape index (κ3) is 1.94. The molecule has 0 bridgehead atoms. The zero-order valence-corrected chi connectivity index (χ0v) is 7.53. The molecule has 0 aromatic carbocycles. The lowest BCUT2D eigenvalue weighted by Crippen LogP contribution is -2.41. The molecule has 70 valence electrons. The lowest BCUT2D eigenvalue weighted by molar-refractivity contribution is -0.187. The van der Waals surface area contributed by atoms with Gasteiger partial charge in [0, 0.05) is 7.11 Å². The van der Waals surface area contributed by atoms with E-state index in [-0.39, 0.29) is 12.4 Å². The van der Waals surface area contributed by atoms with E-state index >= 15 is 0 Å². The van der Waals surface area contributed by atoms with Gasteiger partial charge in [-0.3, -0.25) is 4.79 Å². The maximum Gasteiger partial charge on any atom is 0.253 e. The van der Waals surface area contributed by atoms with Crippen LogP contribution in [0.25, 0.3) is 0 Å². The first kappa shape index (κ1) is 9.89. The average molecular weight is 180 g/mol. The Labute approximate surface area is 77.3 Å². The highest BCUT2D eigenvalue weighted by Gasteiger charge is 2.36. The van der Waals surface area contributed by atoms with E-state index in [1.165, 1.54) is 13.2 Å². The van der Waals surface area contributed by atoms with Crippen molar-refractivity contribution < 1.29 is 14.3 Å². The SMILES string of the molecule is C=CCOC1(OC)C=CC=CC1=O. The van der Waals surface area contributed by atoms with Crippen LogP contribution < -0.4 is 0 Å². The van der Waals surface area contributed by atoms with Gasteiger partial charge in [0.15, 0.2) is 0 Å². The van der Waals surface area contributed by atoms with Crippen molar-refractivity contribution in [1.29, 1.82) is 0 Å². The molecule has 0 heterocycles. The molecule has 0 aromatic heterocycles. The molecule has 0 N–H and O–H groups in total. The van der Waals surface area contributed by atoms with Crippen molar-refractivity contribution in [3.63, 3.8) is 0 Å². The monoisotopic (exact) mass is 180 g/mol. The summed E-state index contributed by atoms with van der Waals surface area (Å²) in [5.41, 5.74) is 0. The zero-order chi connectivity index (χ0) is 9.73. The summed E-state index contributed by atoms with van der Waals surface area (Å²) in [7, 11) is 1.44. The minimum atomic E-state index is -1.25. The number of carbonyl (C=O) groups excluding carboxylic acids is 1. The van der Waals surface area contributed by atoms with Gasteiger partial charge in [-0.1, -0.05) is 18.2 Å². The Kier molecular flexibility index (Phi) is 3.17. The van der Waals surface area contributed by atoms with Gasteiger partial charge in [-0.15, -0.1) is 6.58 Å². The van der Waals surface area contributed by atoms with Crippen molar-refractivity contribution in [1.82, 2.24) is 0 Å². The van der Waals surface area contributed by atoms with E-state index in [1.807, 2.05) is 0 Å². The molecule has 13 heavy (non-hydrogen) atoms. The molecule has 0 amide bonds. The number of carbonyl (C=O) groups is 1. The Morgan fingerprint density at radius 2 is 2.38 bits per heavy atom. The Morgan fingerprint density at radius 3 is 2.92 bits per heavy atom. The van der Waals surface area contributed by atoms with Crippen LogP contribution in [0.3, 0.4) is 0 Å². The van der Waals surface area contributed by atoms with E-state index in [0.29, 0.717) is 0 Å². The molecule has 1 rings (SSSR count). The fourth-order valence-electron chi connectivity index (χ4n) is 1.05. The van der Waals surface area contributed by atoms with Crippen LogP contribution in [-0.2, 0) is 14.3 Å².